The third-order valence-corrected chi connectivity index (χ3v) is 6.06. The monoisotopic (exact) mass is 444 g/mol. The molecule has 2 unspecified atom stereocenters. The van der Waals surface area contributed by atoms with E-state index in [0.717, 1.165) is 37.8 Å². The first-order valence-corrected chi connectivity index (χ1v) is 10.9. The van der Waals surface area contributed by atoms with Gasteiger partial charge in [-0.05, 0) is 50.3 Å². The highest BCUT2D eigenvalue weighted by atomic mass is 19.4. The molecule has 4 rings (SSSR count). The van der Waals surface area contributed by atoms with Crippen LogP contribution in [0.3, 0.4) is 0 Å². The second-order valence-corrected chi connectivity index (χ2v) is 8.54. The van der Waals surface area contributed by atoms with Gasteiger partial charge in [0.05, 0.1) is 17.0 Å². The number of nitrogens with two attached hydrogens (primary N) is 1. The lowest BCUT2D eigenvalue weighted by molar-refractivity contribution is -0.122. The summed E-state index contributed by atoms with van der Waals surface area (Å²) in [5.74, 6) is 0.103. The van der Waals surface area contributed by atoms with Gasteiger partial charge in [-0.15, -0.1) is 0 Å². The van der Waals surface area contributed by atoms with Crippen LogP contribution < -0.4 is 16.4 Å². The molecule has 1 aromatic carbocycles. The normalized spacial score (nSPS) is 21.2. The molecular weight excluding hydrogens is 417 g/mol. The summed E-state index contributed by atoms with van der Waals surface area (Å²) >= 11 is 0. The van der Waals surface area contributed by atoms with Gasteiger partial charge in [0.1, 0.15) is 0 Å². The predicted molar refractivity (Wildman–Crippen MR) is 121 cm³/mol. The van der Waals surface area contributed by atoms with Gasteiger partial charge in [0.15, 0.2) is 0 Å². The summed E-state index contributed by atoms with van der Waals surface area (Å²) in [4.78, 5) is 16.0. The fraction of sp³-hybridized carbons (Fsp3) is 0.417. The number of halogens is 3. The van der Waals surface area contributed by atoms with Crippen LogP contribution in [0.25, 0.3) is 22.4 Å². The Morgan fingerprint density at radius 3 is 2.66 bits per heavy atom. The lowest BCUT2D eigenvalue weighted by atomic mass is 10.0. The van der Waals surface area contributed by atoms with E-state index in [4.69, 9.17) is 5.73 Å². The fourth-order valence-electron chi connectivity index (χ4n) is 4.07. The molecule has 0 saturated heterocycles. The summed E-state index contributed by atoms with van der Waals surface area (Å²) in [7, 11) is 0. The molecule has 0 spiro atoms. The maximum Gasteiger partial charge on any atom is 0.417 e. The maximum absolute atomic E-state index is 13.5. The summed E-state index contributed by atoms with van der Waals surface area (Å²) in [5, 5.41) is 7.23. The smallest absolute Gasteiger partial charge is 0.380 e. The zero-order valence-electron chi connectivity index (χ0n) is 17.7. The van der Waals surface area contributed by atoms with Crippen molar-refractivity contribution in [1.29, 1.82) is 0 Å². The molecule has 4 N–H and O–H groups in total. The Hall–Kier alpha value is -2.87. The Labute approximate surface area is 185 Å². The molecule has 1 aromatic heterocycles. The Morgan fingerprint density at radius 1 is 1.22 bits per heavy atom. The number of benzene rings is 1. The van der Waals surface area contributed by atoms with E-state index in [9.17, 15) is 18.0 Å². The molecule has 5 nitrogen and oxygen atoms in total. The number of aromatic nitrogens is 1. The molecule has 8 heteroatoms. The SMILES string of the molecule is C=C(c1nc(/C=C/CNC(=O)C2CC2)cc2c(NC3CCCC3N)cccc12)C(F)(F)F. The van der Waals surface area contributed by atoms with Crippen LogP contribution in [0.2, 0.25) is 0 Å². The van der Waals surface area contributed by atoms with Gasteiger partial charge < -0.3 is 16.4 Å². The fourth-order valence-corrected chi connectivity index (χ4v) is 4.07. The Bertz CT molecular complexity index is 1060. The molecule has 2 saturated carbocycles. The van der Waals surface area contributed by atoms with Crippen molar-refractivity contribution in [2.24, 2.45) is 11.7 Å². The molecular formula is C24H27F3N4O. The number of allylic oxidation sites excluding steroid dienone is 1. The summed E-state index contributed by atoms with van der Waals surface area (Å²) in [5.41, 5.74) is 6.08. The molecule has 2 aliphatic carbocycles. The summed E-state index contributed by atoms with van der Waals surface area (Å²) in [6.45, 7) is 3.56. The molecule has 0 radical (unpaired) electrons. The van der Waals surface area contributed by atoms with E-state index in [2.05, 4.69) is 22.2 Å². The second-order valence-electron chi connectivity index (χ2n) is 8.54. The lowest BCUT2D eigenvalue weighted by Gasteiger charge is -2.21. The third-order valence-electron chi connectivity index (χ3n) is 6.06. The van der Waals surface area contributed by atoms with Crippen molar-refractivity contribution in [3.8, 4) is 0 Å². The number of anilines is 1. The molecule has 2 aliphatic rings. The summed E-state index contributed by atoms with van der Waals surface area (Å²) < 4.78 is 40.5. The van der Waals surface area contributed by atoms with Crippen molar-refractivity contribution in [2.45, 2.75) is 50.4 Å². The van der Waals surface area contributed by atoms with Crippen LogP contribution in [0.5, 0.6) is 0 Å². The average molecular weight is 445 g/mol. The van der Waals surface area contributed by atoms with Gasteiger partial charge in [0.25, 0.3) is 0 Å². The topological polar surface area (TPSA) is 80.0 Å². The van der Waals surface area contributed by atoms with Crippen molar-refractivity contribution < 1.29 is 18.0 Å². The molecule has 2 atom stereocenters. The van der Waals surface area contributed by atoms with E-state index in [1.165, 1.54) is 0 Å². The van der Waals surface area contributed by atoms with E-state index in [1.807, 2.05) is 6.07 Å². The third kappa shape index (κ3) is 4.96. The van der Waals surface area contributed by atoms with Crippen molar-refractivity contribution in [1.82, 2.24) is 10.3 Å². The van der Waals surface area contributed by atoms with Gasteiger partial charge in [-0.2, -0.15) is 13.2 Å². The number of nitrogens with zero attached hydrogens (tertiary/aromatic N) is 1. The number of hydrogen-bond donors (Lipinski definition) is 3. The maximum atomic E-state index is 13.5. The van der Waals surface area contributed by atoms with Crippen molar-refractivity contribution in [2.75, 3.05) is 11.9 Å². The first-order chi connectivity index (χ1) is 15.2. The van der Waals surface area contributed by atoms with Gasteiger partial charge in [0, 0.05) is 41.0 Å². The van der Waals surface area contributed by atoms with Crippen LogP contribution >= 0.6 is 0 Å². The van der Waals surface area contributed by atoms with Gasteiger partial charge in [-0.25, -0.2) is 4.98 Å². The predicted octanol–water partition coefficient (Wildman–Crippen LogP) is 4.64. The highest BCUT2D eigenvalue weighted by Gasteiger charge is 2.35. The standard InChI is InChI=1S/C24H27F3N4O/c1-14(24(25,26)27)22-17-6-2-8-20(31-21-9-3-7-19(21)28)18(17)13-16(30-22)5-4-12-29-23(32)15-10-11-15/h2,4-6,8,13,15,19,21,31H,1,3,7,9-12,28H2,(H,29,32)/b5-4+. The number of hydrogen-bond acceptors (Lipinski definition) is 4. The van der Waals surface area contributed by atoms with Crippen LogP contribution in [-0.4, -0.2) is 35.7 Å². The number of alkyl halides is 3. The van der Waals surface area contributed by atoms with Gasteiger partial charge >= 0.3 is 6.18 Å². The minimum atomic E-state index is -4.60. The lowest BCUT2D eigenvalue weighted by Crippen LogP contribution is -2.35. The minimum Gasteiger partial charge on any atom is -0.380 e. The van der Waals surface area contributed by atoms with Crippen LogP contribution in [-0.2, 0) is 4.79 Å². The van der Waals surface area contributed by atoms with Crippen LogP contribution in [0.1, 0.15) is 43.5 Å². The first kappa shape index (κ1) is 22.3. The zero-order chi connectivity index (χ0) is 22.9. The average Bonchev–Trinajstić information content (AvgIpc) is 3.53. The van der Waals surface area contributed by atoms with Crippen molar-refractivity contribution in [3.63, 3.8) is 0 Å². The Morgan fingerprint density at radius 2 is 2.00 bits per heavy atom. The van der Waals surface area contributed by atoms with Gasteiger partial charge in [-0.1, -0.05) is 24.8 Å². The molecule has 170 valence electrons. The second kappa shape index (κ2) is 8.94. The van der Waals surface area contributed by atoms with Crippen molar-refractivity contribution in [3.05, 3.63) is 48.3 Å². The zero-order valence-corrected chi connectivity index (χ0v) is 17.7. The number of fused-ring (bicyclic) bond motifs is 1. The summed E-state index contributed by atoms with van der Waals surface area (Å²) in [6.07, 6.45) is 3.38. The van der Waals surface area contributed by atoms with Crippen LogP contribution in [0.4, 0.5) is 18.9 Å². The van der Waals surface area contributed by atoms with E-state index in [-0.39, 0.29) is 29.6 Å². The van der Waals surface area contributed by atoms with E-state index < -0.39 is 11.7 Å². The van der Waals surface area contributed by atoms with E-state index in [1.54, 1.807) is 30.4 Å². The molecule has 0 aliphatic heterocycles. The van der Waals surface area contributed by atoms with Crippen molar-refractivity contribution >= 4 is 34.0 Å². The number of rotatable bonds is 7. The van der Waals surface area contributed by atoms with E-state index >= 15 is 0 Å². The van der Waals surface area contributed by atoms with Gasteiger partial charge in [0.2, 0.25) is 5.91 Å². The minimum absolute atomic E-state index is 0.00569. The molecule has 1 amide bonds. The molecule has 0 bridgehead atoms. The highest BCUT2D eigenvalue weighted by molar-refractivity contribution is 6.00. The highest BCUT2D eigenvalue weighted by Crippen LogP contribution is 2.37. The number of pyridine rings is 1. The van der Waals surface area contributed by atoms with Crippen LogP contribution in [0.15, 0.2) is 36.9 Å². The molecule has 2 aromatic rings. The quantitative estimate of drug-likeness (QED) is 0.581. The van der Waals surface area contributed by atoms with Gasteiger partial charge in [-0.3, -0.25) is 4.79 Å². The van der Waals surface area contributed by atoms with E-state index in [0.29, 0.717) is 23.0 Å². The largest absolute Gasteiger partial charge is 0.417 e. The van der Waals surface area contributed by atoms with Crippen LogP contribution in [0, 0.1) is 5.92 Å². The molecule has 2 fully saturated rings. The molecule has 32 heavy (non-hydrogen) atoms. The summed E-state index contributed by atoms with van der Waals surface area (Å²) in [6, 6.07) is 7.01. The number of carbonyl (C=O) groups excluding carboxylic acids is 1. The Kier molecular flexibility index (Phi) is 6.24. The first-order valence-electron chi connectivity index (χ1n) is 10.9. The number of amides is 1. The Balaban J connectivity index is 1.68. The number of nitrogens with one attached hydrogen (secondary N) is 2. The molecule has 1 heterocycles. The number of carbonyl (C=O) groups is 1.